The van der Waals surface area contributed by atoms with E-state index in [1.165, 1.54) is 0 Å². The molecule has 0 bridgehead atoms. The number of nitrogens with one attached hydrogen (secondary N) is 1. The van der Waals surface area contributed by atoms with Gasteiger partial charge in [0.25, 0.3) is 5.91 Å². The van der Waals surface area contributed by atoms with Crippen molar-refractivity contribution in [3.8, 4) is 0 Å². The molecule has 2 rings (SSSR count). The molecule has 5 nitrogen and oxygen atoms in total. The molecule has 1 heterocycles. The van der Waals surface area contributed by atoms with Gasteiger partial charge in [-0.25, -0.2) is 0 Å². The molecule has 0 radical (unpaired) electrons. The van der Waals surface area contributed by atoms with Crippen LogP contribution in [0.3, 0.4) is 0 Å². The number of hydrogen-bond acceptors (Lipinski definition) is 3. The van der Waals surface area contributed by atoms with Crippen molar-refractivity contribution < 1.29 is 4.79 Å². The lowest BCUT2D eigenvalue weighted by Gasteiger charge is -2.23. The largest absolute Gasteiger partial charge is 0.333 e. The summed E-state index contributed by atoms with van der Waals surface area (Å²) in [6.07, 6.45) is 2.48. The van der Waals surface area contributed by atoms with E-state index in [-0.39, 0.29) is 5.91 Å². The molecule has 0 spiro atoms. The molecule has 1 aromatic carbocycles. The van der Waals surface area contributed by atoms with Crippen molar-refractivity contribution in [2.75, 3.05) is 27.2 Å². The zero-order valence-electron chi connectivity index (χ0n) is 12.9. The van der Waals surface area contributed by atoms with E-state index in [9.17, 15) is 4.79 Å². The van der Waals surface area contributed by atoms with Gasteiger partial charge in [0, 0.05) is 24.3 Å². The first-order valence-electron chi connectivity index (χ1n) is 7.24. The second kappa shape index (κ2) is 7.96. The SMILES string of the molecule is CN(C)CCCN(Cc1ccccc1Cl)C(=O)c1ccn[nH]1. The van der Waals surface area contributed by atoms with Gasteiger partial charge in [-0.1, -0.05) is 29.8 Å². The third kappa shape index (κ3) is 4.58. The van der Waals surface area contributed by atoms with Crippen LogP contribution in [0.4, 0.5) is 0 Å². The van der Waals surface area contributed by atoms with Crippen molar-refractivity contribution in [3.05, 3.63) is 52.8 Å². The summed E-state index contributed by atoms with van der Waals surface area (Å²) in [6.45, 7) is 2.08. The highest BCUT2D eigenvalue weighted by Gasteiger charge is 2.18. The lowest BCUT2D eigenvalue weighted by atomic mass is 10.2. The molecular formula is C16H21ClN4O. The number of aromatic amines is 1. The van der Waals surface area contributed by atoms with Gasteiger partial charge in [0.05, 0.1) is 0 Å². The number of aromatic nitrogens is 2. The topological polar surface area (TPSA) is 52.2 Å². The number of nitrogens with zero attached hydrogens (tertiary/aromatic N) is 3. The molecule has 0 aliphatic carbocycles. The van der Waals surface area contributed by atoms with Crippen molar-refractivity contribution in [2.45, 2.75) is 13.0 Å². The Bertz CT molecular complexity index is 598. The zero-order valence-corrected chi connectivity index (χ0v) is 13.7. The lowest BCUT2D eigenvalue weighted by molar-refractivity contribution is 0.0731. The fraction of sp³-hybridized carbons (Fsp3) is 0.375. The van der Waals surface area contributed by atoms with Crippen LogP contribution in [-0.2, 0) is 6.54 Å². The van der Waals surface area contributed by atoms with Crippen LogP contribution in [0.2, 0.25) is 5.02 Å². The number of amides is 1. The Kier molecular flexibility index (Phi) is 5.98. The predicted octanol–water partition coefficient (Wildman–Crippen LogP) is 2.66. The molecule has 0 saturated carbocycles. The van der Waals surface area contributed by atoms with Gasteiger partial charge >= 0.3 is 0 Å². The van der Waals surface area contributed by atoms with Gasteiger partial charge in [-0.15, -0.1) is 0 Å². The summed E-state index contributed by atoms with van der Waals surface area (Å²) in [5.74, 6) is -0.0591. The number of H-pyrrole nitrogens is 1. The van der Waals surface area contributed by atoms with E-state index in [1.54, 1.807) is 17.2 Å². The Balaban J connectivity index is 2.10. The standard InChI is InChI=1S/C16H21ClN4O/c1-20(2)10-5-11-21(16(22)15-8-9-18-19-15)12-13-6-3-4-7-14(13)17/h3-4,6-9H,5,10-12H2,1-2H3,(H,18,19). The van der Waals surface area contributed by atoms with Crippen LogP contribution < -0.4 is 0 Å². The highest BCUT2D eigenvalue weighted by Crippen LogP contribution is 2.18. The normalized spacial score (nSPS) is 10.9. The number of halogens is 1. The molecule has 118 valence electrons. The van der Waals surface area contributed by atoms with Crippen molar-refractivity contribution >= 4 is 17.5 Å². The van der Waals surface area contributed by atoms with Gasteiger partial charge in [0.2, 0.25) is 0 Å². The first-order valence-corrected chi connectivity index (χ1v) is 7.62. The second-order valence-electron chi connectivity index (χ2n) is 5.45. The average Bonchev–Trinajstić information content (AvgIpc) is 3.01. The van der Waals surface area contributed by atoms with E-state index in [1.807, 2.05) is 38.4 Å². The fourth-order valence-corrected chi connectivity index (χ4v) is 2.40. The van der Waals surface area contributed by atoms with E-state index in [0.717, 1.165) is 18.5 Å². The minimum atomic E-state index is -0.0591. The highest BCUT2D eigenvalue weighted by molar-refractivity contribution is 6.31. The maximum absolute atomic E-state index is 12.6. The van der Waals surface area contributed by atoms with Crippen molar-refractivity contribution in [3.63, 3.8) is 0 Å². The molecule has 22 heavy (non-hydrogen) atoms. The molecule has 0 fully saturated rings. The minimum absolute atomic E-state index is 0.0591. The van der Waals surface area contributed by atoms with Gasteiger partial charge in [-0.3, -0.25) is 9.89 Å². The van der Waals surface area contributed by atoms with E-state index in [0.29, 0.717) is 23.8 Å². The van der Waals surface area contributed by atoms with Crippen LogP contribution >= 0.6 is 11.6 Å². The van der Waals surface area contributed by atoms with Gasteiger partial charge in [0.1, 0.15) is 5.69 Å². The predicted molar refractivity (Wildman–Crippen MR) is 88.0 cm³/mol. The highest BCUT2D eigenvalue weighted by atomic mass is 35.5. The quantitative estimate of drug-likeness (QED) is 0.853. The van der Waals surface area contributed by atoms with E-state index in [2.05, 4.69) is 15.1 Å². The summed E-state index contributed by atoms with van der Waals surface area (Å²) in [5.41, 5.74) is 1.44. The van der Waals surface area contributed by atoms with Crippen LogP contribution in [0.1, 0.15) is 22.5 Å². The summed E-state index contributed by atoms with van der Waals surface area (Å²) >= 11 is 6.22. The summed E-state index contributed by atoms with van der Waals surface area (Å²) in [7, 11) is 4.05. The molecule has 0 unspecified atom stereocenters. The van der Waals surface area contributed by atoms with Crippen molar-refractivity contribution in [1.82, 2.24) is 20.0 Å². The Labute approximate surface area is 135 Å². The first kappa shape index (κ1) is 16.5. The molecule has 6 heteroatoms. The smallest absolute Gasteiger partial charge is 0.272 e. The number of hydrogen-bond donors (Lipinski definition) is 1. The third-order valence-corrected chi connectivity index (χ3v) is 3.74. The van der Waals surface area contributed by atoms with Gasteiger partial charge < -0.3 is 9.80 Å². The van der Waals surface area contributed by atoms with Crippen LogP contribution in [0, 0.1) is 0 Å². The van der Waals surface area contributed by atoms with Gasteiger partial charge in [-0.2, -0.15) is 5.10 Å². The molecule has 1 aromatic heterocycles. The molecule has 0 aliphatic heterocycles. The Hall–Kier alpha value is -1.85. The van der Waals surface area contributed by atoms with Gasteiger partial charge in [0.15, 0.2) is 0 Å². The van der Waals surface area contributed by atoms with Crippen LogP contribution in [0.15, 0.2) is 36.5 Å². The molecule has 0 atom stereocenters. The Morgan fingerprint density at radius 2 is 2.00 bits per heavy atom. The number of carbonyl (C=O) groups is 1. The molecule has 0 aliphatic rings. The first-order chi connectivity index (χ1) is 10.6. The Morgan fingerprint density at radius 1 is 1.23 bits per heavy atom. The maximum Gasteiger partial charge on any atom is 0.272 e. The number of rotatable bonds is 7. The second-order valence-corrected chi connectivity index (χ2v) is 5.85. The molecular weight excluding hydrogens is 300 g/mol. The molecule has 1 amide bonds. The fourth-order valence-electron chi connectivity index (χ4n) is 2.21. The lowest BCUT2D eigenvalue weighted by Crippen LogP contribution is -2.33. The Morgan fingerprint density at radius 3 is 2.64 bits per heavy atom. The van der Waals surface area contributed by atoms with Gasteiger partial charge in [-0.05, 0) is 44.8 Å². The van der Waals surface area contributed by atoms with E-state index < -0.39 is 0 Å². The summed E-state index contributed by atoms with van der Waals surface area (Å²) in [4.78, 5) is 16.5. The summed E-state index contributed by atoms with van der Waals surface area (Å²) < 4.78 is 0. The molecule has 2 aromatic rings. The number of benzene rings is 1. The summed E-state index contributed by atoms with van der Waals surface area (Å²) in [5, 5.41) is 7.26. The molecule has 0 saturated heterocycles. The van der Waals surface area contributed by atoms with Crippen LogP contribution in [0.25, 0.3) is 0 Å². The monoisotopic (exact) mass is 320 g/mol. The average molecular weight is 321 g/mol. The van der Waals surface area contributed by atoms with E-state index in [4.69, 9.17) is 11.6 Å². The van der Waals surface area contributed by atoms with Crippen molar-refractivity contribution in [2.24, 2.45) is 0 Å². The maximum atomic E-state index is 12.6. The van der Waals surface area contributed by atoms with Crippen LogP contribution in [-0.4, -0.2) is 53.1 Å². The minimum Gasteiger partial charge on any atom is -0.333 e. The van der Waals surface area contributed by atoms with E-state index >= 15 is 0 Å². The zero-order chi connectivity index (χ0) is 15.9. The summed E-state index contributed by atoms with van der Waals surface area (Å²) in [6, 6.07) is 9.30. The third-order valence-electron chi connectivity index (χ3n) is 3.37. The number of carbonyl (C=O) groups excluding carboxylic acids is 1. The van der Waals surface area contributed by atoms with Crippen molar-refractivity contribution in [1.29, 1.82) is 0 Å². The molecule has 1 N–H and O–H groups in total. The van der Waals surface area contributed by atoms with Crippen LogP contribution in [0.5, 0.6) is 0 Å².